The molecule has 94 valence electrons. The van der Waals surface area contributed by atoms with Crippen molar-refractivity contribution >= 4 is 5.78 Å². The second kappa shape index (κ2) is 4.73. The van der Waals surface area contributed by atoms with Crippen LogP contribution in [0.15, 0.2) is 12.1 Å². The fraction of sp³-hybridized carbons (Fsp3) is 0.364. The third kappa shape index (κ3) is 2.95. The highest BCUT2D eigenvalue weighted by Crippen LogP contribution is 2.38. The molecule has 0 unspecified atom stereocenters. The van der Waals surface area contributed by atoms with Crippen molar-refractivity contribution < 1.29 is 27.1 Å². The molecule has 0 aliphatic heterocycles. The van der Waals surface area contributed by atoms with Gasteiger partial charge in [0.05, 0.1) is 6.61 Å². The molecule has 0 aromatic heterocycles. The lowest BCUT2D eigenvalue weighted by Gasteiger charge is -2.14. The Kier molecular flexibility index (Phi) is 3.75. The Hall–Kier alpha value is -1.59. The van der Waals surface area contributed by atoms with Gasteiger partial charge in [-0.1, -0.05) is 0 Å². The highest BCUT2D eigenvalue weighted by Gasteiger charge is 2.38. The lowest BCUT2D eigenvalue weighted by atomic mass is 10.1. The summed E-state index contributed by atoms with van der Waals surface area (Å²) in [6, 6.07) is 1.46. The van der Waals surface area contributed by atoms with Gasteiger partial charge >= 0.3 is 6.18 Å². The van der Waals surface area contributed by atoms with Crippen LogP contribution in [0.4, 0.5) is 17.6 Å². The predicted octanol–water partition coefficient (Wildman–Crippen LogP) is 3.45. The molecular weight excluding hydrogens is 240 g/mol. The van der Waals surface area contributed by atoms with Crippen LogP contribution in [-0.2, 0) is 6.18 Å². The Morgan fingerprint density at radius 3 is 2.35 bits per heavy atom. The summed E-state index contributed by atoms with van der Waals surface area (Å²) < 4.78 is 55.7. The smallest absolute Gasteiger partial charge is 0.422 e. The molecule has 0 fully saturated rings. The summed E-state index contributed by atoms with van der Waals surface area (Å²) in [5.74, 6) is -2.70. The van der Waals surface area contributed by atoms with Crippen LogP contribution in [0.2, 0.25) is 0 Å². The van der Waals surface area contributed by atoms with Crippen LogP contribution < -0.4 is 4.74 Å². The number of benzene rings is 1. The van der Waals surface area contributed by atoms with Gasteiger partial charge in [0, 0.05) is 5.56 Å². The summed E-state index contributed by atoms with van der Waals surface area (Å²) in [5, 5.41) is 0. The number of alkyl halides is 3. The highest BCUT2D eigenvalue weighted by atomic mass is 19.4. The molecule has 0 aliphatic carbocycles. The Morgan fingerprint density at radius 2 is 1.94 bits per heavy atom. The van der Waals surface area contributed by atoms with Crippen LogP contribution in [0.25, 0.3) is 0 Å². The predicted molar refractivity (Wildman–Crippen MR) is 52.6 cm³/mol. The van der Waals surface area contributed by atoms with Crippen LogP contribution in [0, 0.1) is 5.82 Å². The molecule has 1 rings (SSSR count). The van der Waals surface area contributed by atoms with Gasteiger partial charge in [0.2, 0.25) is 0 Å². The summed E-state index contributed by atoms with van der Waals surface area (Å²) >= 11 is 0. The van der Waals surface area contributed by atoms with Crippen molar-refractivity contribution in [1.82, 2.24) is 0 Å². The summed E-state index contributed by atoms with van der Waals surface area (Å²) in [5.41, 5.74) is -1.64. The fourth-order valence-electron chi connectivity index (χ4n) is 1.33. The van der Waals surface area contributed by atoms with E-state index in [1.165, 1.54) is 6.92 Å². The van der Waals surface area contributed by atoms with Crippen LogP contribution in [0.1, 0.15) is 29.8 Å². The van der Waals surface area contributed by atoms with E-state index in [1.807, 2.05) is 0 Å². The van der Waals surface area contributed by atoms with Gasteiger partial charge in [0.1, 0.15) is 17.1 Å². The number of ether oxygens (including phenoxy) is 1. The Balaban J connectivity index is 3.43. The highest BCUT2D eigenvalue weighted by molar-refractivity contribution is 5.94. The van der Waals surface area contributed by atoms with Crippen molar-refractivity contribution in [2.75, 3.05) is 6.61 Å². The lowest BCUT2D eigenvalue weighted by Crippen LogP contribution is -2.13. The molecule has 0 heterocycles. The van der Waals surface area contributed by atoms with Crippen LogP contribution >= 0.6 is 0 Å². The molecule has 0 atom stereocenters. The van der Waals surface area contributed by atoms with Crippen LogP contribution in [-0.4, -0.2) is 12.4 Å². The topological polar surface area (TPSA) is 26.3 Å². The first-order valence-electron chi connectivity index (χ1n) is 4.81. The van der Waals surface area contributed by atoms with Gasteiger partial charge in [0.15, 0.2) is 5.78 Å². The quantitative estimate of drug-likeness (QED) is 0.606. The fourth-order valence-corrected chi connectivity index (χ4v) is 1.33. The molecule has 1 aromatic rings. The van der Waals surface area contributed by atoms with E-state index in [0.29, 0.717) is 6.07 Å². The second-order valence-electron chi connectivity index (χ2n) is 3.32. The number of Topliss-reactive ketones (excluding diaryl/α,β-unsaturated/α-hetero) is 1. The first kappa shape index (κ1) is 13.5. The summed E-state index contributed by atoms with van der Waals surface area (Å²) in [6.07, 6.45) is -4.86. The monoisotopic (exact) mass is 250 g/mol. The lowest BCUT2D eigenvalue weighted by molar-refractivity contribution is -0.141. The number of hydrogen-bond acceptors (Lipinski definition) is 2. The Bertz CT molecular complexity index is 438. The minimum atomic E-state index is -4.86. The van der Waals surface area contributed by atoms with Gasteiger partial charge in [-0.3, -0.25) is 4.79 Å². The SMILES string of the molecule is CCOc1cc(C(C)=O)cc(F)c1C(F)(F)F. The molecule has 0 amide bonds. The number of hydrogen-bond donors (Lipinski definition) is 0. The van der Waals surface area contributed by atoms with Gasteiger partial charge in [-0.05, 0) is 26.0 Å². The Morgan fingerprint density at radius 1 is 1.35 bits per heavy atom. The first-order valence-corrected chi connectivity index (χ1v) is 4.81. The normalized spacial score (nSPS) is 11.4. The van der Waals surface area contributed by atoms with E-state index in [0.717, 1.165) is 13.0 Å². The molecular formula is C11H10F4O2. The van der Waals surface area contributed by atoms with E-state index < -0.39 is 29.1 Å². The van der Waals surface area contributed by atoms with Gasteiger partial charge < -0.3 is 4.74 Å². The van der Waals surface area contributed by atoms with Crippen molar-refractivity contribution in [3.63, 3.8) is 0 Å². The zero-order chi connectivity index (χ0) is 13.2. The number of carbonyl (C=O) groups excluding carboxylic acids is 1. The summed E-state index contributed by atoms with van der Waals surface area (Å²) in [4.78, 5) is 11.0. The van der Waals surface area contributed by atoms with Crippen LogP contribution in [0.3, 0.4) is 0 Å². The van der Waals surface area contributed by atoms with E-state index in [4.69, 9.17) is 4.74 Å². The molecule has 0 spiro atoms. The van der Waals surface area contributed by atoms with Gasteiger partial charge in [-0.15, -0.1) is 0 Å². The number of rotatable bonds is 3. The molecule has 1 aromatic carbocycles. The minimum absolute atomic E-state index is 0.0517. The Labute approximate surface area is 95.2 Å². The number of halogens is 4. The molecule has 2 nitrogen and oxygen atoms in total. The van der Waals surface area contributed by atoms with E-state index in [2.05, 4.69) is 0 Å². The van der Waals surface area contributed by atoms with Crippen molar-refractivity contribution in [3.05, 3.63) is 29.1 Å². The standard InChI is InChI=1S/C11H10F4O2/c1-3-17-9-5-7(6(2)16)4-8(12)10(9)11(13,14)15/h4-5H,3H2,1-2H3. The molecule has 0 N–H and O–H groups in total. The first-order chi connectivity index (χ1) is 7.77. The maximum atomic E-state index is 13.3. The molecule has 0 bridgehead atoms. The molecule has 0 aliphatic rings. The third-order valence-electron chi connectivity index (χ3n) is 2.04. The average Bonchev–Trinajstić information content (AvgIpc) is 2.14. The third-order valence-corrected chi connectivity index (χ3v) is 2.04. The van der Waals surface area contributed by atoms with Crippen molar-refractivity contribution in [1.29, 1.82) is 0 Å². The maximum absolute atomic E-state index is 13.3. The van der Waals surface area contributed by atoms with Crippen molar-refractivity contribution in [2.24, 2.45) is 0 Å². The van der Waals surface area contributed by atoms with Crippen molar-refractivity contribution in [3.8, 4) is 5.75 Å². The average molecular weight is 250 g/mol. The minimum Gasteiger partial charge on any atom is -0.493 e. The summed E-state index contributed by atoms with van der Waals surface area (Å²) in [6.45, 7) is 2.56. The number of ketones is 1. The molecule has 17 heavy (non-hydrogen) atoms. The van der Waals surface area contributed by atoms with Gasteiger partial charge in [-0.25, -0.2) is 4.39 Å². The zero-order valence-electron chi connectivity index (χ0n) is 9.19. The van der Waals surface area contributed by atoms with Crippen LogP contribution in [0.5, 0.6) is 5.75 Å². The molecule has 0 radical (unpaired) electrons. The molecule has 0 saturated carbocycles. The van der Waals surface area contributed by atoms with E-state index in [1.54, 1.807) is 0 Å². The van der Waals surface area contributed by atoms with E-state index in [9.17, 15) is 22.4 Å². The molecule has 0 saturated heterocycles. The van der Waals surface area contributed by atoms with Gasteiger partial charge in [-0.2, -0.15) is 13.2 Å². The van der Waals surface area contributed by atoms with Crippen molar-refractivity contribution in [2.45, 2.75) is 20.0 Å². The maximum Gasteiger partial charge on any atom is 0.422 e. The number of carbonyl (C=O) groups is 1. The largest absolute Gasteiger partial charge is 0.493 e. The summed E-state index contributed by atoms with van der Waals surface area (Å²) in [7, 11) is 0. The van der Waals surface area contributed by atoms with Gasteiger partial charge in [0.25, 0.3) is 0 Å². The zero-order valence-corrected chi connectivity index (χ0v) is 9.19. The van der Waals surface area contributed by atoms with E-state index >= 15 is 0 Å². The molecule has 6 heteroatoms. The second-order valence-corrected chi connectivity index (χ2v) is 3.32. The van der Waals surface area contributed by atoms with E-state index in [-0.39, 0.29) is 12.2 Å².